The van der Waals surface area contributed by atoms with Gasteiger partial charge >= 0.3 is 0 Å². The fraction of sp³-hybridized carbons (Fsp3) is 0.278. The number of halogens is 1. The maximum atomic E-state index is 13.2. The monoisotopic (exact) mass is 314 g/mol. The maximum absolute atomic E-state index is 13.2. The van der Waals surface area contributed by atoms with Crippen LogP contribution >= 0.6 is 0 Å². The Hall–Kier alpha value is -2.24. The molecule has 5 heteroatoms. The predicted molar refractivity (Wildman–Crippen MR) is 86.3 cm³/mol. The number of benzene rings is 2. The highest BCUT2D eigenvalue weighted by Crippen LogP contribution is 2.20. The third-order valence-electron chi connectivity index (χ3n) is 3.75. The molecule has 0 spiro atoms. The van der Waals surface area contributed by atoms with Gasteiger partial charge in [-0.25, -0.2) is 9.37 Å². The normalized spacial score (nSPS) is 12.6. The smallest absolute Gasteiger partial charge is 0.209 e. The van der Waals surface area contributed by atoms with Gasteiger partial charge in [0.1, 0.15) is 11.3 Å². The van der Waals surface area contributed by atoms with Crippen LogP contribution in [-0.2, 0) is 6.54 Å². The molecule has 0 amide bonds. The number of hydrogen-bond donors (Lipinski definition) is 2. The molecule has 2 aromatic carbocycles. The Bertz CT molecular complexity index is 758. The number of oxazole rings is 1. The maximum Gasteiger partial charge on any atom is 0.209 e. The van der Waals surface area contributed by atoms with Gasteiger partial charge in [0, 0.05) is 18.7 Å². The van der Waals surface area contributed by atoms with E-state index in [0.29, 0.717) is 30.0 Å². The molecule has 0 radical (unpaired) electrons. The van der Waals surface area contributed by atoms with E-state index in [1.54, 1.807) is 6.07 Å². The standard InChI is InChI=1S/C18H19FN2O2/c19-14-8-9-16-17(11-14)23-18(21-16)12-20-15(7-4-10-22)13-5-2-1-3-6-13/h1-3,5-6,8-9,11,15,20,22H,4,7,10,12H2. The van der Waals surface area contributed by atoms with Gasteiger partial charge in [-0.2, -0.15) is 0 Å². The highest BCUT2D eigenvalue weighted by molar-refractivity contribution is 5.72. The predicted octanol–water partition coefficient (Wildman–Crippen LogP) is 3.57. The number of nitrogens with one attached hydrogen (secondary N) is 1. The second-order valence-corrected chi connectivity index (χ2v) is 5.43. The van der Waals surface area contributed by atoms with E-state index in [9.17, 15) is 4.39 Å². The van der Waals surface area contributed by atoms with Gasteiger partial charge in [-0.3, -0.25) is 0 Å². The largest absolute Gasteiger partial charge is 0.439 e. The lowest BCUT2D eigenvalue weighted by atomic mass is 10.0. The molecule has 0 bridgehead atoms. The second-order valence-electron chi connectivity index (χ2n) is 5.43. The van der Waals surface area contributed by atoms with Crippen LogP contribution in [0.15, 0.2) is 52.9 Å². The summed E-state index contributed by atoms with van der Waals surface area (Å²) in [6.45, 7) is 0.606. The van der Waals surface area contributed by atoms with Crippen molar-refractivity contribution in [3.05, 3.63) is 65.8 Å². The van der Waals surface area contributed by atoms with E-state index in [-0.39, 0.29) is 18.5 Å². The van der Waals surface area contributed by atoms with Crippen molar-refractivity contribution >= 4 is 11.1 Å². The molecular formula is C18H19FN2O2. The van der Waals surface area contributed by atoms with Crippen molar-refractivity contribution < 1.29 is 13.9 Å². The van der Waals surface area contributed by atoms with Crippen LogP contribution in [0.1, 0.15) is 30.3 Å². The van der Waals surface area contributed by atoms with E-state index >= 15 is 0 Å². The van der Waals surface area contributed by atoms with E-state index in [0.717, 1.165) is 12.0 Å². The molecule has 3 rings (SSSR count). The van der Waals surface area contributed by atoms with Crippen molar-refractivity contribution in [2.45, 2.75) is 25.4 Å². The van der Waals surface area contributed by atoms with Gasteiger partial charge in [0.25, 0.3) is 0 Å². The van der Waals surface area contributed by atoms with Crippen LogP contribution in [0.4, 0.5) is 4.39 Å². The zero-order valence-electron chi connectivity index (χ0n) is 12.7. The lowest BCUT2D eigenvalue weighted by molar-refractivity contribution is 0.274. The Morgan fingerprint density at radius 2 is 2.00 bits per heavy atom. The van der Waals surface area contributed by atoms with Gasteiger partial charge in [0.05, 0.1) is 6.54 Å². The molecule has 1 heterocycles. The summed E-state index contributed by atoms with van der Waals surface area (Å²) in [5.41, 5.74) is 2.26. The Morgan fingerprint density at radius 1 is 1.17 bits per heavy atom. The Balaban J connectivity index is 1.71. The zero-order valence-corrected chi connectivity index (χ0v) is 12.7. The van der Waals surface area contributed by atoms with E-state index in [1.807, 2.05) is 18.2 Å². The molecule has 23 heavy (non-hydrogen) atoms. The molecule has 120 valence electrons. The van der Waals surface area contributed by atoms with E-state index in [1.165, 1.54) is 12.1 Å². The Morgan fingerprint density at radius 3 is 2.78 bits per heavy atom. The molecule has 3 aromatic rings. The summed E-state index contributed by atoms with van der Waals surface area (Å²) >= 11 is 0. The van der Waals surface area contributed by atoms with Crippen LogP contribution in [0.5, 0.6) is 0 Å². The van der Waals surface area contributed by atoms with Crippen molar-refractivity contribution in [1.29, 1.82) is 0 Å². The molecule has 0 aliphatic heterocycles. The summed E-state index contributed by atoms with van der Waals surface area (Å²) in [4.78, 5) is 4.35. The number of aromatic nitrogens is 1. The molecule has 0 aliphatic carbocycles. The molecule has 0 fully saturated rings. The summed E-state index contributed by atoms with van der Waals surface area (Å²) in [6.07, 6.45) is 1.53. The third-order valence-corrected chi connectivity index (χ3v) is 3.75. The second kappa shape index (κ2) is 7.35. The van der Waals surface area contributed by atoms with Crippen LogP contribution < -0.4 is 5.32 Å². The van der Waals surface area contributed by atoms with Crippen molar-refractivity contribution in [1.82, 2.24) is 10.3 Å². The van der Waals surface area contributed by atoms with E-state index < -0.39 is 0 Å². The molecule has 1 unspecified atom stereocenters. The van der Waals surface area contributed by atoms with Gasteiger partial charge in [0.15, 0.2) is 5.58 Å². The van der Waals surface area contributed by atoms with E-state index in [4.69, 9.17) is 9.52 Å². The number of rotatable bonds is 7. The third kappa shape index (κ3) is 3.94. The summed E-state index contributed by atoms with van der Waals surface area (Å²) in [7, 11) is 0. The highest BCUT2D eigenvalue weighted by Gasteiger charge is 2.13. The minimum atomic E-state index is -0.335. The SMILES string of the molecule is OCCCC(NCc1nc2ccc(F)cc2o1)c1ccccc1. The van der Waals surface area contributed by atoms with Crippen molar-refractivity contribution in [3.63, 3.8) is 0 Å². The van der Waals surface area contributed by atoms with Crippen molar-refractivity contribution in [2.75, 3.05) is 6.61 Å². The summed E-state index contributed by atoms with van der Waals surface area (Å²) in [5, 5.41) is 12.5. The fourth-order valence-electron chi connectivity index (χ4n) is 2.60. The quantitative estimate of drug-likeness (QED) is 0.700. The van der Waals surface area contributed by atoms with Crippen molar-refractivity contribution in [3.8, 4) is 0 Å². The van der Waals surface area contributed by atoms with Crippen LogP contribution in [0, 0.1) is 5.82 Å². The summed E-state index contributed by atoms with van der Waals surface area (Å²) in [6, 6.07) is 14.5. The summed E-state index contributed by atoms with van der Waals surface area (Å²) < 4.78 is 18.8. The Labute approximate surface area is 134 Å². The van der Waals surface area contributed by atoms with Crippen LogP contribution in [0.2, 0.25) is 0 Å². The fourth-order valence-corrected chi connectivity index (χ4v) is 2.60. The first kappa shape index (κ1) is 15.6. The lowest BCUT2D eigenvalue weighted by Crippen LogP contribution is -2.21. The molecule has 0 saturated carbocycles. The van der Waals surface area contributed by atoms with Crippen molar-refractivity contribution in [2.24, 2.45) is 0 Å². The van der Waals surface area contributed by atoms with Gasteiger partial charge < -0.3 is 14.8 Å². The highest BCUT2D eigenvalue weighted by atomic mass is 19.1. The van der Waals surface area contributed by atoms with Crippen LogP contribution in [0.3, 0.4) is 0 Å². The van der Waals surface area contributed by atoms with Gasteiger partial charge in [-0.1, -0.05) is 30.3 Å². The average Bonchev–Trinajstić information content (AvgIpc) is 2.97. The number of hydrogen-bond acceptors (Lipinski definition) is 4. The molecule has 1 aromatic heterocycles. The van der Waals surface area contributed by atoms with Crippen LogP contribution in [0.25, 0.3) is 11.1 Å². The van der Waals surface area contributed by atoms with Gasteiger partial charge in [-0.15, -0.1) is 0 Å². The minimum Gasteiger partial charge on any atom is -0.439 e. The first-order valence-electron chi connectivity index (χ1n) is 7.70. The Kier molecular flexibility index (Phi) is 5.00. The average molecular weight is 314 g/mol. The topological polar surface area (TPSA) is 58.3 Å². The van der Waals surface area contributed by atoms with Gasteiger partial charge in [-0.05, 0) is 30.5 Å². The number of aliphatic hydroxyl groups is 1. The number of aliphatic hydroxyl groups excluding tert-OH is 1. The number of fused-ring (bicyclic) bond motifs is 1. The molecule has 2 N–H and O–H groups in total. The first-order valence-corrected chi connectivity index (χ1v) is 7.70. The molecule has 0 saturated heterocycles. The molecule has 4 nitrogen and oxygen atoms in total. The van der Waals surface area contributed by atoms with Gasteiger partial charge in [0.2, 0.25) is 5.89 Å². The van der Waals surface area contributed by atoms with E-state index in [2.05, 4.69) is 22.4 Å². The lowest BCUT2D eigenvalue weighted by Gasteiger charge is -2.18. The molecule has 0 aliphatic rings. The zero-order chi connectivity index (χ0) is 16.1. The number of nitrogens with zero attached hydrogens (tertiary/aromatic N) is 1. The van der Waals surface area contributed by atoms with Crippen LogP contribution in [-0.4, -0.2) is 16.7 Å². The minimum absolute atomic E-state index is 0.107. The molecule has 1 atom stereocenters. The summed E-state index contributed by atoms with van der Waals surface area (Å²) in [5.74, 6) is 0.189. The molecular weight excluding hydrogens is 295 g/mol. The first-order chi connectivity index (χ1) is 11.3.